The molecule has 1 unspecified atom stereocenters. The van der Waals surface area contributed by atoms with E-state index in [-0.39, 0.29) is 29.7 Å². The van der Waals surface area contributed by atoms with Crippen LogP contribution in [0, 0.1) is 25.7 Å². The lowest BCUT2D eigenvalue weighted by Crippen LogP contribution is -2.48. The van der Waals surface area contributed by atoms with Gasteiger partial charge in [-0.05, 0) is 64.5 Å². The highest BCUT2D eigenvalue weighted by molar-refractivity contribution is 5.95. The van der Waals surface area contributed by atoms with Crippen molar-refractivity contribution < 1.29 is 19.5 Å². The quantitative estimate of drug-likeness (QED) is 0.833. The minimum absolute atomic E-state index is 0.00306. The monoisotopic (exact) mass is 386 g/mol. The highest BCUT2D eigenvalue weighted by Crippen LogP contribution is 2.26. The zero-order valence-electron chi connectivity index (χ0n) is 16.7. The van der Waals surface area contributed by atoms with Crippen molar-refractivity contribution in [2.45, 2.75) is 58.4 Å². The van der Waals surface area contributed by atoms with Gasteiger partial charge in [0.1, 0.15) is 0 Å². The fraction of sp³-hybridized carbons (Fsp3) is 0.591. The van der Waals surface area contributed by atoms with Crippen molar-refractivity contribution in [1.82, 2.24) is 10.2 Å². The Bertz CT molecular complexity index is 733. The Labute approximate surface area is 166 Å². The Balaban J connectivity index is 1.56. The smallest absolute Gasteiger partial charge is 0.306 e. The summed E-state index contributed by atoms with van der Waals surface area (Å²) >= 11 is 0. The molecule has 1 aromatic carbocycles. The van der Waals surface area contributed by atoms with Gasteiger partial charge in [-0.1, -0.05) is 17.2 Å². The summed E-state index contributed by atoms with van der Waals surface area (Å²) in [6, 6.07) is 5.90. The second-order valence-corrected chi connectivity index (χ2v) is 8.36. The summed E-state index contributed by atoms with van der Waals surface area (Å²) in [7, 11) is 0. The number of nitrogens with zero attached hydrogens (tertiary/aromatic N) is 1. The van der Waals surface area contributed by atoms with Crippen molar-refractivity contribution in [2.75, 3.05) is 13.1 Å². The molecule has 0 spiro atoms. The van der Waals surface area contributed by atoms with Crippen LogP contribution in [0.15, 0.2) is 18.2 Å². The average Bonchev–Trinajstić information content (AvgIpc) is 2.67. The maximum Gasteiger partial charge on any atom is 0.306 e. The summed E-state index contributed by atoms with van der Waals surface area (Å²) in [4.78, 5) is 38.5. The Hall–Kier alpha value is -2.37. The van der Waals surface area contributed by atoms with Crippen LogP contribution in [0.5, 0.6) is 0 Å². The maximum absolute atomic E-state index is 12.9. The van der Waals surface area contributed by atoms with Gasteiger partial charge in [-0.2, -0.15) is 0 Å². The number of hydrogen-bond donors (Lipinski definition) is 2. The number of likely N-dealkylation sites (tertiary alicyclic amines) is 1. The van der Waals surface area contributed by atoms with Gasteiger partial charge in [0, 0.05) is 24.7 Å². The van der Waals surface area contributed by atoms with E-state index in [2.05, 4.69) is 5.32 Å². The van der Waals surface area contributed by atoms with Gasteiger partial charge in [-0.15, -0.1) is 0 Å². The number of aliphatic carboxylic acids is 1. The second kappa shape index (κ2) is 8.76. The van der Waals surface area contributed by atoms with Crippen LogP contribution >= 0.6 is 0 Å². The van der Waals surface area contributed by atoms with E-state index in [1.165, 1.54) is 0 Å². The van der Waals surface area contributed by atoms with E-state index < -0.39 is 5.97 Å². The molecule has 1 aliphatic carbocycles. The van der Waals surface area contributed by atoms with Crippen molar-refractivity contribution in [1.29, 1.82) is 0 Å². The highest BCUT2D eigenvalue weighted by atomic mass is 16.4. The highest BCUT2D eigenvalue weighted by Gasteiger charge is 2.32. The lowest BCUT2D eigenvalue weighted by Gasteiger charge is -2.34. The van der Waals surface area contributed by atoms with Gasteiger partial charge in [0.05, 0.1) is 11.8 Å². The zero-order valence-corrected chi connectivity index (χ0v) is 16.7. The molecule has 0 radical (unpaired) electrons. The maximum atomic E-state index is 12.9. The molecule has 6 nitrogen and oxygen atoms in total. The SMILES string of the molecule is Cc1cc(C)cc(C(=O)N2CCCC(C(=O)NC3CCC(C(=O)O)CC3)C2)c1. The van der Waals surface area contributed by atoms with Crippen molar-refractivity contribution in [2.24, 2.45) is 11.8 Å². The molecule has 1 aromatic rings. The topological polar surface area (TPSA) is 86.7 Å². The van der Waals surface area contributed by atoms with E-state index in [9.17, 15) is 14.4 Å². The number of piperidine rings is 1. The number of nitrogens with one attached hydrogen (secondary N) is 1. The summed E-state index contributed by atoms with van der Waals surface area (Å²) in [6.45, 7) is 5.09. The van der Waals surface area contributed by atoms with Crippen molar-refractivity contribution >= 4 is 17.8 Å². The van der Waals surface area contributed by atoms with Gasteiger partial charge in [-0.25, -0.2) is 0 Å². The molecule has 2 N–H and O–H groups in total. The number of amides is 2. The lowest BCUT2D eigenvalue weighted by molar-refractivity contribution is -0.142. The van der Waals surface area contributed by atoms with Crippen LogP contribution in [0.25, 0.3) is 0 Å². The van der Waals surface area contributed by atoms with Gasteiger partial charge in [-0.3, -0.25) is 14.4 Å². The summed E-state index contributed by atoms with van der Waals surface area (Å²) in [6.07, 6.45) is 4.25. The normalized spacial score (nSPS) is 25.2. The van der Waals surface area contributed by atoms with Crippen molar-refractivity contribution in [3.8, 4) is 0 Å². The van der Waals surface area contributed by atoms with Crippen LogP contribution in [0.3, 0.4) is 0 Å². The van der Waals surface area contributed by atoms with E-state index in [1.807, 2.05) is 32.0 Å². The number of rotatable bonds is 4. The zero-order chi connectivity index (χ0) is 20.3. The number of carbonyl (C=O) groups is 3. The molecule has 2 aliphatic rings. The molecule has 3 rings (SSSR count). The molecular formula is C22H30N2O4. The van der Waals surface area contributed by atoms with Crippen molar-refractivity contribution in [3.05, 3.63) is 34.9 Å². The summed E-state index contributed by atoms with van der Waals surface area (Å²) < 4.78 is 0. The molecule has 6 heteroatoms. The molecule has 152 valence electrons. The molecule has 2 amide bonds. The largest absolute Gasteiger partial charge is 0.481 e. The Morgan fingerprint density at radius 3 is 2.21 bits per heavy atom. The minimum atomic E-state index is -0.738. The molecule has 1 saturated carbocycles. The molecule has 0 aromatic heterocycles. The molecule has 2 fully saturated rings. The molecule has 28 heavy (non-hydrogen) atoms. The lowest BCUT2D eigenvalue weighted by atomic mass is 9.85. The number of benzene rings is 1. The number of carboxylic acid groups (broad SMARTS) is 1. The fourth-order valence-corrected chi connectivity index (χ4v) is 4.46. The van der Waals surface area contributed by atoms with Gasteiger partial charge < -0.3 is 15.3 Å². The average molecular weight is 386 g/mol. The van der Waals surface area contributed by atoms with Crippen LogP contribution < -0.4 is 5.32 Å². The molecule has 0 bridgehead atoms. The fourth-order valence-electron chi connectivity index (χ4n) is 4.46. The van der Waals surface area contributed by atoms with Crippen LogP contribution in [0.1, 0.15) is 60.0 Å². The predicted molar refractivity (Wildman–Crippen MR) is 106 cm³/mol. The molecular weight excluding hydrogens is 356 g/mol. The van der Waals surface area contributed by atoms with Crippen LogP contribution in [0.4, 0.5) is 0 Å². The third-order valence-corrected chi connectivity index (χ3v) is 5.97. The van der Waals surface area contributed by atoms with Crippen LogP contribution in [-0.2, 0) is 9.59 Å². The van der Waals surface area contributed by atoms with Crippen LogP contribution in [-0.4, -0.2) is 46.9 Å². The molecule has 1 aliphatic heterocycles. The second-order valence-electron chi connectivity index (χ2n) is 8.36. The molecule has 1 atom stereocenters. The summed E-state index contributed by atoms with van der Waals surface area (Å²) in [5.74, 6) is -1.23. The minimum Gasteiger partial charge on any atom is -0.481 e. The first-order valence-electron chi connectivity index (χ1n) is 10.2. The Morgan fingerprint density at radius 1 is 0.964 bits per heavy atom. The Morgan fingerprint density at radius 2 is 1.61 bits per heavy atom. The first-order chi connectivity index (χ1) is 13.3. The Kier molecular flexibility index (Phi) is 6.37. The predicted octanol–water partition coefficient (Wildman–Crippen LogP) is 2.92. The molecule has 1 saturated heterocycles. The summed E-state index contributed by atoms with van der Waals surface area (Å²) in [5.41, 5.74) is 2.81. The summed E-state index contributed by atoms with van der Waals surface area (Å²) in [5, 5.41) is 12.2. The van der Waals surface area contributed by atoms with Crippen molar-refractivity contribution in [3.63, 3.8) is 0 Å². The van der Waals surface area contributed by atoms with Gasteiger partial charge >= 0.3 is 5.97 Å². The van der Waals surface area contributed by atoms with Gasteiger partial charge in [0.15, 0.2) is 0 Å². The first kappa shape index (κ1) is 20.4. The van der Waals surface area contributed by atoms with E-state index in [4.69, 9.17) is 5.11 Å². The number of aryl methyl sites for hydroxylation is 2. The third kappa shape index (κ3) is 4.91. The van der Waals surface area contributed by atoms with E-state index in [1.54, 1.807) is 4.90 Å². The van der Waals surface area contributed by atoms with Crippen LogP contribution in [0.2, 0.25) is 0 Å². The van der Waals surface area contributed by atoms with E-state index >= 15 is 0 Å². The third-order valence-electron chi connectivity index (χ3n) is 5.97. The van der Waals surface area contributed by atoms with E-state index in [0.29, 0.717) is 44.3 Å². The standard InChI is InChI=1S/C22H30N2O4/c1-14-10-15(2)12-18(11-14)21(26)24-9-3-4-17(13-24)20(25)23-19-7-5-16(6-8-19)22(27)28/h10-12,16-17,19H,3-9,13H2,1-2H3,(H,23,25)(H,27,28). The van der Waals surface area contributed by atoms with Gasteiger partial charge in [0.25, 0.3) is 5.91 Å². The number of carboxylic acids is 1. The van der Waals surface area contributed by atoms with Gasteiger partial charge in [0.2, 0.25) is 5.91 Å². The number of carbonyl (C=O) groups excluding carboxylic acids is 2. The number of hydrogen-bond acceptors (Lipinski definition) is 3. The first-order valence-corrected chi connectivity index (χ1v) is 10.2. The molecule has 1 heterocycles. The van der Waals surface area contributed by atoms with E-state index in [0.717, 1.165) is 24.0 Å².